The Labute approximate surface area is 192 Å². The van der Waals surface area contributed by atoms with Gasteiger partial charge in [-0.1, -0.05) is 19.9 Å². The van der Waals surface area contributed by atoms with Crippen LogP contribution in [-0.2, 0) is 4.79 Å². The lowest BCUT2D eigenvalue weighted by atomic mass is 9.97. The number of H-pyrrole nitrogens is 1. The van der Waals surface area contributed by atoms with Gasteiger partial charge in [-0.15, -0.1) is 0 Å². The van der Waals surface area contributed by atoms with Crippen LogP contribution in [-0.4, -0.2) is 47.9 Å². The minimum absolute atomic E-state index is 0.0615. The standard InChI is InChI=1S/C26H28FN3O3/c1-16(2)24(29-25(31)18-4-7-20(33-3)8-5-18)26(32)30-12-10-17(11-13-30)22-15-28-23-14-19(27)6-9-21(22)23/h4-10,14-16,24,28H,11-13H2,1-3H3,(H,29,31)/t24-/m1/s1. The van der Waals surface area contributed by atoms with Crippen LogP contribution >= 0.6 is 0 Å². The lowest BCUT2D eigenvalue weighted by Crippen LogP contribution is -2.52. The molecule has 2 amide bonds. The van der Waals surface area contributed by atoms with Gasteiger partial charge in [-0.05, 0) is 60.4 Å². The summed E-state index contributed by atoms with van der Waals surface area (Å²) in [5.41, 5.74) is 3.39. The molecule has 2 aromatic carbocycles. The van der Waals surface area contributed by atoms with Gasteiger partial charge in [0, 0.05) is 41.3 Å². The van der Waals surface area contributed by atoms with Crippen molar-refractivity contribution in [2.45, 2.75) is 26.3 Å². The summed E-state index contributed by atoms with van der Waals surface area (Å²) in [6, 6.07) is 10.9. The van der Waals surface area contributed by atoms with Gasteiger partial charge in [-0.2, -0.15) is 0 Å². The van der Waals surface area contributed by atoms with Gasteiger partial charge in [-0.25, -0.2) is 4.39 Å². The predicted octanol–water partition coefficient (Wildman–Crippen LogP) is 4.39. The first-order chi connectivity index (χ1) is 15.9. The summed E-state index contributed by atoms with van der Waals surface area (Å²) in [5, 5.41) is 3.87. The number of fused-ring (bicyclic) bond motifs is 1. The molecule has 3 aromatic rings. The monoisotopic (exact) mass is 449 g/mol. The zero-order valence-electron chi connectivity index (χ0n) is 19.0. The Hall–Kier alpha value is -3.61. The average Bonchev–Trinajstić information content (AvgIpc) is 3.25. The number of nitrogens with zero attached hydrogens (tertiary/aromatic N) is 1. The Morgan fingerprint density at radius 1 is 1.15 bits per heavy atom. The molecule has 1 aromatic heterocycles. The number of halogens is 1. The summed E-state index contributed by atoms with van der Waals surface area (Å²) >= 11 is 0. The van der Waals surface area contributed by atoms with E-state index in [1.54, 1.807) is 42.3 Å². The molecular weight excluding hydrogens is 421 g/mol. The quantitative estimate of drug-likeness (QED) is 0.586. The van der Waals surface area contributed by atoms with Crippen LogP contribution in [0.2, 0.25) is 0 Å². The molecule has 172 valence electrons. The lowest BCUT2D eigenvalue weighted by Gasteiger charge is -2.32. The summed E-state index contributed by atoms with van der Waals surface area (Å²) in [6.07, 6.45) is 4.61. The number of benzene rings is 2. The highest BCUT2D eigenvalue weighted by Crippen LogP contribution is 2.30. The zero-order valence-corrected chi connectivity index (χ0v) is 19.0. The van der Waals surface area contributed by atoms with Crippen molar-refractivity contribution in [3.8, 4) is 5.75 Å². The third-order valence-corrected chi connectivity index (χ3v) is 6.08. The smallest absolute Gasteiger partial charge is 0.251 e. The molecule has 4 rings (SSSR count). The van der Waals surface area contributed by atoms with Crippen molar-refractivity contribution in [1.29, 1.82) is 0 Å². The molecule has 0 fully saturated rings. The van der Waals surface area contributed by atoms with Gasteiger partial charge in [-0.3, -0.25) is 9.59 Å². The molecule has 0 spiro atoms. The normalized spacial score (nSPS) is 14.8. The summed E-state index contributed by atoms with van der Waals surface area (Å²) in [7, 11) is 1.57. The van der Waals surface area contributed by atoms with E-state index in [1.807, 2.05) is 26.1 Å². The van der Waals surface area contributed by atoms with Gasteiger partial charge in [0.1, 0.15) is 17.6 Å². The van der Waals surface area contributed by atoms with Crippen molar-refractivity contribution < 1.29 is 18.7 Å². The second kappa shape index (κ2) is 9.48. The van der Waals surface area contributed by atoms with Gasteiger partial charge in [0.2, 0.25) is 5.91 Å². The number of carbonyl (C=O) groups excluding carboxylic acids is 2. The highest BCUT2D eigenvalue weighted by molar-refractivity contribution is 5.98. The maximum atomic E-state index is 13.5. The third kappa shape index (κ3) is 4.77. The van der Waals surface area contributed by atoms with Crippen molar-refractivity contribution in [1.82, 2.24) is 15.2 Å². The van der Waals surface area contributed by atoms with Gasteiger partial charge in [0.05, 0.1) is 7.11 Å². The first-order valence-corrected chi connectivity index (χ1v) is 11.1. The van der Waals surface area contributed by atoms with E-state index in [1.165, 1.54) is 12.1 Å². The van der Waals surface area contributed by atoms with Crippen LogP contribution in [0.4, 0.5) is 4.39 Å². The molecule has 7 heteroatoms. The molecule has 0 aliphatic carbocycles. The van der Waals surface area contributed by atoms with Gasteiger partial charge < -0.3 is 19.9 Å². The molecule has 1 aliphatic heterocycles. The molecule has 6 nitrogen and oxygen atoms in total. The molecule has 1 atom stereocenters. The minimum atomic E-state index is -0.620. The maximum absolute atomic E-state index is 13.5. The Bertz CT molecular complexity index is 1200. The maximum Gasteiger partial charge on any atom is 0.251 e. The van der Waals surface area contributed by atoms with Crippen molar-refractivity contribution in [2.75, 3.05) is 20.2 Å². The third-order valence-electron chi connectivity index (χ3n) is 6.08. The van der Waals surface area contributed by atoms with E-state index in [0.717, 1.165) is 22.0 Å². The number of methoxy groups -OCH3 is 1. The number of hydrogen-bond donors (Lipinski definition) is 2. The van der Waals surface area contributed by atoms with Crippen LogP contribution in [0.1, 0.15) is 36.2 Å². The molecule has 0 radical (unpaired) electrons. The number of aromatic nitrogens is 1. The topological polar surface area (TPSA) is 74.4 Å². The summed E-state index contributed by atoms with van der Waals surface area (Å²) in [4.78, 5) is 30.9. The van der Waals surface area contributed by atoms with Crippen LogP contribution in [0.15, 0.2) is 54.7 Å². The van der Waals surface area contributed by atoms with Crippen molar-refractivity contribution >= 4 is 28.3 Å². The molecule has 0 saturated heterocycles. The number of rotatable bonds is 6. The largest absolute Gasteiger partial charge is 0.497 e. The second-order valence-corrected chi connectivity index (χ2v) is 8.58. The van der Waals surface area contributed by atoms with Crippen LogP contribution in [0, 0.1) is 11.7 Å². The Kier molecular flexibility index (Phi) is 6.49. The molecule has 0 saturated carbocycles. The number of carbonyl (C=O) groups is 2. The highest BCUT2D eigenvalue weighted by atomic mass is 19.1. The van der Waals surface area contributed by atoms with E-state index < -0.39 is 6.04 Å². The van der Waals surface area contributed by atoms with Crippen LogP contribution in [0.5, 0.6) is 5.75 Å². The zero-order chi connectivity index (χ0) is 23.5. The predicted molar refractivity (Wildman–Crippen MR) is 127 cm³/mol. The molecule has 2 N–H and O–H groups in total. The van der Waals surface area contributed by atoms with Gasteiger partial charge in [0.25, 0.3) is 5.91 Å². The number of ether oxygens (including phenoxy) is 1. The Morgan fingerprint density at radius 2 is 1.91 bits per heavy atom. The molecule has 1 aliphatic rings. The van der Waals surface area contributed by atoms with E-state index >= 15 is 0 Å². The SMILES string of the molecule is COc1ccc(C(=O)N[C@@H](C(=O)N2CC=C(c3c[nH]c4cc(F)ccc34)CC2)C(C)C)cc1. The van der Waals surface area contributed by atoms with Gasteiger partial charge >= 0.3 is 0 Å². The molecule has 2 heterocycles. The van der Waals surface area contributed by atoms with Crippen molar-refractivity contribution in [3.05, 3.63) is 71.7 Å². The molecule has 0 bridgehead atoms. The molecule has 0 unspecified atom stereocenters. The summed E-state index contributed by atoms with van der Waals surface area (Å²) in [5.74, 6) is -0.0540. The van der Waals surface area contributed by atoms with Crippen LogP contribution in [0.25, 0.3) is 16.5 Å². The van der Waals surface area contributed by atoms with Crippen molar-refractivity contribution in [2.24, 2.45) is 5.92 Å². The van der Waals surface area contributed by atoms with E-state index in [-0.39, 0.29) is 23.5 Å². The summed E-state index contributed by atoms with van der Waals surface area (Å²) < 4.78 is 18.6. The van der Waals surface area contributed by atoms with Crippen LogP contribution < -0.4 is 10.1 Å². The minimum Gasteiger partial charge on any atom is -0.497 e. The van der Waals surface area contributed by atoms with E-state index in [9.17, 15) is 14.0 Å². The van der Waals surface area contributed by atoms with Crippen LogP contribution in [0.3, 0.4) is 0 Å². The Balaban J connectivity index is 1.45. The molecular formula is C26H28FN3O3. The number of hydrogen-bond acceptors (Lipinski definition) is 3. The average molecular weight is 450 g/mol. The number of amides is 2. The fraction of sp³-hybridized carbons (Fsp3) is 0.308. The fourth-order valence-electron chi connectivity index (χ4n) is 4.16. The Morgan fingerprint density at radius 3 is 2.55 bits per heavy atom. The van der Waals surface area contributed by atoms with Gasteiger partial charge in [0.15, 0.2) is 0 Å². The summed E-state index contributed by atoms with van der Waals surface area (Å²) in [6.45, 7) is 4.87. The van der Waals surface area contributed by atoms with E-state index in [2.05, 4.69) is 10.3 Å². The number of aromatic amines is 1. The highest BCUT2D eigenvalue weighted by Gasteiger charge is 2.30. The van der Waals surface area contributed by atoms with Crippen molar-refractivity contribution in [3.63, 3.8) is 0 Å². The lowest BCUT2D eigenvalue weighted by molar-refractivity contribution is -0.133. The van der Waals surface area contributed by atoms with E-state index in [0.29, 0.717) is 30.8 Å². The molecule has 33 heavy (non-hydrogen) atoms. The fourth-order valence-corrected chi connectivity index (χ4v) is 4.16. The first-order valence-electron chi connectivity index (χ1n) is 11.1. The number of nitrogens with one attached hydrogen (secondary N) is 2. The van der Waals surface area contributed by atoms with E-state index in [4.69, 9.17) is 4.74 Å². The second-order valence-electron chi connectivity index (χ2n) is 8.58. The first kappa shape index (κ1) is 22.6.